The van der Waals surface area contributed by atoms with E-state index in [9.17, 15) is 10.1 Å². The Hall–Kier alpha value is -1.28. The average molecular weight is 280 g/mol. The summed E-state index contributed by atoms with van der Waals surface area (Å²) in [7, 11) is 0. The summed E-state index contributed by atoms with van der Waals surface area (Å²) < 4.78 is 10.7. The van der Waals surface area contributed by atoms with Gasteiger partial charge in [-0.25, -0.2) is 4.79 Å². The van der Waals surface area contributed by atoms with Gasteiger partial charge in [0, 0.05) is 11.5 Å². The molecule has 0 aromatic carbocycles. The van der Waals surface area contributed by atoms with Gasteiger partial charge in [-0.2, -0.15) is 5.26 Å². The number of hydrogen-bond donors (Lipinski definition) is 0. The second kappa shape index (κ2) is 5.25. The van der Waals surface area contributed by atoms with E-state index in [1.54, 1.807) is 4.90 Å². The van der Waals surface area contributed by atoms with Gasteiger partial charge in [0.15, 0.2) is 6.19 Å². The highest BCUT2D eigenvalue weighted by Crippen LogP contribution is 2.38. The molecule has 2 rings (SSSR count). The summed E-state index contributed by atoms with van der Waals surface area (Å²) in [6.07, 6.45) is 4.66. The number of likely N-dealkylation sites (tertiary alicyclic amines) is 1. The molecule has 2 aliphatic rings. The maximum Gasteiger partial charge on any atom is 0.330 e. The van der Waals surface area contributed by atoms with Crippen LogP contribution in [0.15, 0.2) is 0 Å². The van der Waals surface area contributed by atoms with Gasteiger partial charge in [0.1, 0.15) is 11.6 Å². The molecule has 2 saturated heterocycles. The molecule has 20 heavy (non-hydrogen) atoms. The maximum atomic E-state index is 12.2. The summed E-state index contributed by atoms with van der Waals surface area (Å²) in [5, 5.41) is 9.38. The van der Waals surface area contributed by atoms with Crippen LogP contribution in [-0.2, 0) is 14.3 Å². The molecule has 2 heterocycles. The zero-order chi connectivity index (χ0) is 15.0. The van der Waals surface area contributed by atoms with E-state index < -0.39 is 11.6 Å². The van der Waals surface area contributed by atoms with Crippen molar-refractivity contribution in [3.8, 4) is 6.19 Å². The quantitative estimate of drug-likeness (QED) is 0.585. The van der Waals surface area contributed by atoms with Gasteiger partial charge in [0.05, 0.1) is 13.2 Å². The van der Waals surface area contributed by atoms with Gasteiger partial charge in [-0.1, -0.05) is 6.92 Å². The van der Waals surface area contributed by atoms with E-state index in [-0.39, 0.29) is 17.4 Å². The van der Waals surface area contributed by atoms with E-state index >= 15 is 0 Å². The number of carbonyl (C=O) groups is 1. The molecular weight excluding hydrogens is 256 g/mol. The molecule has 0 aromatic rings. The van der Waals surface area contributed by atoms with Crippen LogP contribution < -0.4 is 0 Å². The lowest BCUT2D eigenvalue weighted by molar-refractivity contribution is -0.160. The number of rotatable bonds is 3. The molecule has 112 valence electrons. The molecule has 5 heteroatoms. The van der Waals surface area contributed by atoms with Crippen LogP contribution in [0.4, 0.5) is 0 Å². The van der Waals surface area contributed by atoms with Gasteiger partial charge in [-0.05, 0) is 40.0 Å². The Bertz CT molecular complexity index is 418. The monoisotopic (exact) mass is 280 g/mol. The first-order chi connectivity index (χ1) is 9.24. The largest absolute Gasteiger partial charge is 0.458 e. The van der Waals surface area contributed by atoms with Crippen LogP contribution >= 0.6 is 0 Å². The van der Waals surface area contributed by atoms with Crippen molar-refractivity contribution in [3.63, 3.8) is 0 Å². The SMILES string of the molecule is CC1(CC2CCC(C(=O)OC(C)(C)C)N2C#N)COC1. The number of nitriles is 1. The van der Waals surface area contributed by atoms with Crippen molar-refractivity contribution in [1.29, 1.82) is 5.26 Å². The second-order valence-corrected chi connectivity index (χ2v) is 7.30. The summed E-state index contributed by atoms with van der Waals surface area (Å²) in [5.41, 5.74) is -0.354. The van der Waals surface area contributed by atoms with Crippen LogP contribution in [-0.4, -0.2) is 41.8 Å². The van der Waals surface area contributed by atoms with E-state index in [2.05, 4.69) is 13.1 Å². The summed E-state index contributed by atoms with van der Waals surface area (Å²) in [5.74, 6) is -0.281. The molecule has 0 saturated carbocycles. The average Bonchev–Trinajstić information content (AvgIpc) is 2.67. The molecule has 2 atom stereocenters. The minimum atomic E-state index is -0.510. The molecule has 2 fully saturated rings. The molecule has 0 aromatic heterocycles. The third kappa shape index (κ3) is 3.24. The first-order valence-electron chi connectivity index (χ1n) is 7.23. The molecule has 0 amide bonds. The lowest BCUT2D eigenvalue weighted by Gasteiger charge is -2.41. The van der Waals surface area contributed by atoms with Crippen LogP contribution in [0.1, 0.15) is 47.0 Å². The number of carbonyl (C=O) groups excluding carboxylic acids is 1. The zero-order valence-corrected chi connectivity index (χ0v) is 12.8. The smallest absolute Gasteiger partial charge is 0.330 e. The van der Waals surface area contributed by atoms with Gasteiger partial charge < -0.3 is 9.47 Å². The van der Waals surface area contributed by atoms with Gasteiger partial charge in [-0.15, -0.1) is 0 Å². The lowest BCUT2D eigenvalue weighted by Crippen LogP contribution is -2.47. The zero-order valence-electron chi connectivity index (χ0n) is 12.8. The molecule has 5 nitrogen and oxygen atoms in total. The molecule has 0 N–H and O–H groups in total. The minimum Gasteiger partial charge on any atom is -0.458 e. The van der Waals surface area contributed by atoms with Crippen molar-refractivity contribution >= 4 is 5.97 Å². The van der Waals surface area contributed by atoms with E-state index in [1.807, 2.05) is 20.8 Å². The highest BCUT2D eigenvalue weighted by Gasteiger charge is 2.44. The van der Waals surface area contributed by atoms with E-state index in [0.29, 0.717) is 6.42 Å². The minimum absolute atomic E-state index is 0.131. The number of ether oxygens (including phenoxy) is 2. The standard InChI is InChI=1S/C15H24N2O3/c1-14(2,3)20-13(18)12-6-5-11(17(12)10-16)7-15(4)8-19-9-15/h11-12H,5-9H2,1-4H3. The van der Waals surface area contributed by atoms with Crippen molar-refractivity contribution in [2.75, 3.05) is 13.2 Å². The molecule has 2 unspecified atom stereocenters. The van der Waals surface area contributed by atoms with E-state index in [0.717, 1.165) is 26.1 Å². The Labute approximate surface area is 120 Å². The van der Waals surface area contributed by atoms with Crippen molar-refractivity contribution < 1.29 is 14.3 Å². The fourth-order valence-corrected chi connectivity index (χ4v) is 2.97. The van der Waals surface area contributed by atoms with Gasteiger partial charge in [0.25, 0.3) is 0 Å². The normalized spacial score (nSPS) is 28.6. The number of hydrogen-bond acceptors (Lipinski definition) is 5. The molecule has 0 spiro atoms. The highest BCUT2D eigenvalue weighted by atomic mass is 16.6. The Balaban J connectivity index is 1.99. The summed E-state index contributed by atoms with van der Waals surface area (Å²) in [4.78, 5) is 13.8. The topological polar surface area (TPSA) is 62.6 Å². The Kier molecular flexibility index (Phi) is 3.97. The predicted octanol–water partition coefficient (Wildman–Crippen LogP) is 2.07. The van der Waals surface area contributed by atoms with Crippen LogP contribution in [0.2, 0.25) is 0 Å². The van der Waals surface area contributed by atoms with Crippen LogP contribution in [0.3, 0.4) is 0 Å². The highest BCUT2D eigenvalue weighted by molar-refractivity contribution is 5.77. The molecular formula is C15H24N2O3. The third-order valence-corrected chi connectivity index (χ3v) is 3.93. The van der Waals surface area contributed by atoms with Crippen molar-refractivity contribution in [2.45, 2.75) is 64.6 Å². The fraction of sp³-hybridized carbons (Fsp3) is 0.867. The summed E-state index contributed by atoms with van der Waals surface area (Å²) >= 11 is 0. The Morgan fingerprint density at radius 1 is 1.45 bits per heavy atom. The number of esters is 1. The first kappa shape index (κ1) is 15.1. The maximum absolute atomic E-state index is 12.2. The van der Waals surface area contributed by atoms with Crippen LogP contribution in [0.5, 0.6) is 0 Å². The van der Waals surface area contributed by atoms with Gasteiger partial charge in [0.2, 0.25) is 0 Å². The van der Waals surface area contributed by atoms with Gasteiger partial charge >= 0.3 is 5.97 Å². The van der Waals surface area contributed by atoms with Crippen molar-refractivity contribution in [2.24, 2.45) is 5.41 Å². The van der Waals surface area contributed by atoms with E-state index in [4.69, 9.17) is 9.47 Å². The third-order valence-electron chi connectivity index (χ3n) is 3.93. The summed E-state index contributed by atoms with van der Waals surface area (Å²) in [6, 6.07) is -0.291. The Morgan fingerprint density at radius 3 is 2.55 bits per heavy atom. The second-order valence-electron chi connectivity index (χ2n) is 7.30. The van der Waals surface area contributed by atoms with Crippen molar-refractivity contribution in [1.82, 2.24) is 4.90 Å². The number of nitrogens with zero attached hydrogens (tertiary/aromatic N) is 2. The Morgan fingerprint density at radius 2 is 2.10 bits per heavy atom. The predicted molar refractivity (Wildman–Crippen MR) is 73.7 cm³/mol. The van der Waals surface area contributed by atoms with Crippen LogP contribution in [0, 0.1) is 16.9 Å². The molecule has 0 bridgehead atoms. The molecule has 2 aliphatic heterocycles. The summed E-state index contributed by atoms with van der Waals surface area (Å²) in [6.45, 7) is 9.22. The van der Waals surface area contributed by atoms with E-state index in [1.165, 1.54) is 0 Å². The lowest BCUT2D eigenvalue weighted by atomic mass is 9.81. The van der Waals surface area contributed by atoms with Gasteiger partial charge in [-0.3, -0.25) is 4.90 Å². The fourth-order valence-electron chi connectivity index (χ4n) is 2.97. The molecule has 0 aliphatic carbocycles. The first-order valence-corrected chi connectivity index (χ1v) is 7.23. The van der Waals surface area contributed by atoms with Crippen LogP contribution in [0.25, 0.3) is 0 Å². The molecule has 0 radical (unpaired) electrons. The van der Waals surface area contributed by atoms with Crippen molar-refractivity contribution in [3.05, 3.63) is 0 Å².